The predicted molar refractivity (Wildman–Crippen MR) is 133 cm³/mol. The normalized spacial score (nSPS) is 10.7. The van der Waals surface area contributed by atoms with Crippen molar-refractivity contribution in [3.8, 4) is 5.75 Å². The number of carbonyl (C=O) groups excluding carboxylic acids is 1. The molecule has 0 spiro atoms. The molecule has 0 saturated carbocycles. The summed E-state index contributed by atoms with van der Waals surface area (Å²) in [7, 11) is 0.867. The number of carbonyl (C=O) groups is 1. The molecule has 0 bridgehead atoms. The number of rotatable bonds is 7. The second-order valence-corrected chi connectivity index (χ2v) is 10.9. The first-order valence-electron chi connectivity index (χ1n) is 10.5. The van der Waals surface area contributed by atoms with Crippen LogP contribution >= 0.6 is 7.26 Å². The van der Waals surface area contributed by atoms with Crippen molar-refractivity contribution in [3.05, 3.63) is 120 Å². The third-order valence-electron chi connectivity index (χ3n) is 5.69. The van der Waals surface area contributed by atoms with Gasteiger partial charge in [0.05, 0.1) is 20.4 Å². The van der Waals surface area contributed by atoms with Crippen molar-refractivity contribution in [2.45, 2.75) is 6.16 Å². The maximum absolute atomic E-state index is 12.9. The molecule has 0 N–H and O–H groups in total. The minimum Gasteiger partial charge on any atom is -1.00 e. The zero-order valence-corrected chi connectivity index (χ0v) is 21.1. The van der Waals surface area contributed by atoms with Crippen molar-refractivity contribution >= 4 is 29.1 Å². The van der Waals surface area contributed by atoms with E-state index < -0.39 is 7.26 Å². The molecular weight excluding hydrogens is 495 g/mol. The van der Waals surface area contributed by atoms with Crippen molar-refractivity contribution in [1.29, 1.82) is 0 Å². The molecule has 5 heteroatoms. The van der Waals surface area contributed by atoms with Crippen LogP contribution in [0.2, 0.25) is 0 Å². The van der Waals surface area contributed by atoms with E-state index in [1.807, 2.05) is 42.5 Å². The van der Waals surface area contributed by atoms with E-state index >= 15 is 0 Å². The Hall–Kier alpha value is -2.94. The highest BCUT2D eigenvalue weighted by atomic mass is 79.9. The fraction of sp³-hybridized carbons (Fsp3) is 0.107. The molecule has 0 aromatic heterocycles. The molecule has 0 fully saturated rings. The molecule has 4 aromatic carbocycles. The van der Waals surface area contributed by atoms with Crippen LogP contribution in [0.15, 0.2) is 109 Å². The first kappa shape index (κ1) is 24.7. The van der Waals surface area contributed by atoms with Crippen LogP contribution in [0, 0.1) is 0 Å². The largest absolute Gasteiger partial charge is 1.00 e. The van der Waals surface area contributed by atoms with E-state index in [1.165, 1.54) is 23.3 Å². The summed E-state index contributed by atoms with van der Waals surface area (Å²) >= 11 is 0. The summed E-state index contributed by atoms with van der Waals surface area (Å²) in [6, 6.07) is 37.1. The van der Waals surface area contributed by atoms with Gasteiger partial charge >= 0.3 is 5.97 Å². The fourth-order valence-corrected chi connectivity index (χ4v) is 8.58. The van der Waals surface area contributed by atoms with Gasteiger partial charge in [0.1, 0.15) is 34.5 Å². The lowest BCUT2D eigenvalue weighted by Gasteiger charge is -2.29. The van der Waals surface area contributed by atoms with Crippen LogP contribution in [0.4, 0.5) is 0 Å². The molecule has 33 heavy (non-hydrogen) atoms. The molecule has 0 unspecified atom stereocenters. The summed E-state index contributed by atoms with van der Waals surface area (Å²) < 4.78 is 10.6. The molecule has 168 valence electrons. The van der Waals surface area contributed by atoms with E-state index in [4.69, 9.17) is 9.47 Å². The molecule has 4 rings (SSSR count). The van der Waals surface area contributed by atoms with Crippen LogP contribution in [0.1, 0.15) is 15.9 Å². The summed E-state index contributed by atoms with van der Waals surface area (Å²) in [6.07, 6.45) is 0.777. The van der Waals surface area contributed by atoms with Gasteiger partial charge in [0, 0.05) is 0 Å². The maximum Gasteiger partial charge on any atom is 0.341 e. The number of hydrogen-bond acceptors (Lipinski definition) is 3. The van der Waals surface area contributed by atoms with Crippen LogP contribution in [0.3, 0.4) is 0 Å². The minimum atomic E-state index is -2.25. The Labute approximate surface area is 206 Å². The molecule has 3 nitrogen and oxygen atoms in total. The van der Waals surface area contributed by atoms with Crippen molar-refractivity contribution in [1.82, 2.24) is 0 Å². The van der Waals surface area contributed by atoms with Gasteiger partial charge < -0.3 is 26.5 Å². The number of esters is 1. The van der Waals surface area contributed by atoms with Crippen LogP contribution in [0.5, 0.6) is 5.75 Å². The van der Waals surface area contributed by atoms with E-state index in [-0.39, 0.29) is 23.0 Å². The van der Waals surface area contributed by atoms with Crippen LogP contribution in [-0.2, 0) is 10.9 Å². The van der Waals surface area contributed by atoms with Crippen molar-refractivity contribution in [3.63, 3.8) is 0 Å². The van der Waals surface area contributed by atoms with E-state index in [0.29, 0.717) is 5.56 Å². The van der Waals surface area contributed by atoms with Crippen molar-refractivity contribution in [2.24, 2.45) is 0 Å². The van der Waals surface area contributed by atoms with E-state index in [1.54, 1.807) is 7.11 Å². The van der Waals surface area contributed by atoms with Gasteiger partial charge in [0.15, 0.2) is 0 Å². The Morgan fingerprint density at radius 1 is 0.697 bits per heavy atom. The Kier molecular flexibility index (Phi) is 8.43. The summed E-state index contributed by atoms with van der Waals surface area (Å²) in [4.78, 5) is 12.9. The molecule has 0 radical (unpaired) electrons. The zero-order chi connectivity index (χ0) is 22.4. The second kappa shape index (κ2) is 11.3. The molecule has 0 aliphatic heterocycles. The van der Waals surface area contributed by atoms with E-state index in [2.05, 4.69) is 66.7 Å². The number of methoxy groups -OCH3 is 2. The molecule has 0 heterocycles. The highest BCUT2D eigenvalue weighted by Gasteiger charge is 2.47. The molecular formula is C28H26BrO3P. The van der Waals surface area contributed by atoms with Crippen LogP contribution in [-0.4, -0.2) is 20.2 Å². The van der Waals surface area contributed by atoms with Crippen molar-refractivity contribution < 1.29 is 31.2 Å². The zero-order valence-electron chi connectivity index (χ0n) is 18.6. The summed E-state index contributed by atoms with van der Waals surface area (Å²) in [5.41, 5.74) is 1.80. The lowest BCUT2D eigenvalue weighted by molar-refractivity contribution is -0.0000212. The second-order valence-electron chi connectivity index (χ2n) is 7.50. The van der Waals surface area contributed by atoms with Gasteiger partial charge in [-0.2, -0.15) is 0 Å². The Morgan fingerprint density at radius 3 is 1.73 bits per heavy atom. The quantitative estimate of drug-likeness (QED) is 0.276. The first-order chi connectivity index (χ1) is 15.7. The van der Waals surface area contributed by atoms with Gasteiger partial charge in [0.25, 0.3) is 0 Å². The maximum atomic E-state index is 12.9. The Morgan fingerprint density at radius 2 is 1.21 bits per heavy atom. The molecule has 0 saturated heterocycles. The molecule has 0 aliphatic rings. The smallest absolute Gasteiger partial charge is 0.341 e. The topological polar surface area (TPSA) is 35.5 Å². The Balaban J connectivity index is 0.00000306. The highest BCUT2D eigenvalue weighted by Crippen LogP contribution is 2.58. The summed E-state index contributed by atoms with van der Waals surface area (Å²) in [5, 5.41) is 3.47. The first-order valence-corrected chi connectivity index (χ1v) is 12.5. The summed E-state index contributed by atoms with van der Waals surface area (Å²) in [5.74, 6) is 0.513. The summed E-state index contributed by atoms with van der Waals surface area (Å²) in [6.45, 7) is 0. The van der Waals surface area contributed by atoms with Gasteiger partial charge in [-0.25, -0.2) is 4.79 Å². The van der Waals surface area contributed by atoms with Gasteiger partial charge in [-0.1, -0.05) is 60.7 Å². The van der Waals surface area contributed by atoms with Crippen molar-refractivity contribution in [2.75, 3.05) is 14.2 Å². The average Bonchev–Trinajstić information content (AvgIpc) is 2.88. The molecule has 0 atom stereocenters. The minimum absolute atomic E-state index is 0. The number of benzene rings is 4. The average molecular weight is 521 g/mol. The number of ether oxygens (including phenoxy) is 2. The third-order valence-corrected chi connectivity index (χ3v) is 10.1. The third kappa shape index (κ3) is 5.03. The van der Waals surface area contributed by atoms with Gasteiger partial charge in [0.2, 0.25) is 0 Å². The van der Waals surface area contributed by atoms with Gasteiger partial charge in [-0.05, 0) is 54.1 Å². The van der Waals surface area contributed by atoms with E-state index in [0.717, 1.165) is 17.2 Å². The Bertz CT molecular complexity index is 1140. The predicted octanol–water partition coefficient (Wildman–Crippen LogP) is 1.98. The molecule has 4 aromatic rings. The number of halogens is 1. The monoisotopic (exact) mass is 520 g/mol. The number of hydrogen-bond donors (Lipinski definition) is 0. The van der Waals surface area contributed by atoms with Crippen LogP contribution < -0.4 is 37.6 Å². The standard InChI is InChI=1S/C28H26O3P.BrH/c1-30-23-19-17-22(18-20-23)21-32(24-11-5-3-6-12-24,25-13-7-4-8-14-25)27-16-10-9-15-26(27)28(29)31-2;/h3-20H,21H2,1-2H3;1H/q+1;/p-1. The van der Waals surface area contributed by atoms with E-state index in [9.17, 15) is 4.79 Å². The fourth-order valence-electron chi connectivity index (χ4n) is 4.15. The van der Waals surface area contributed by atoms with Crippen LogP contribution in [0.25, 0.3) is 0 Å². The lowest BCUT2D eigenvalue weighted by atomic mass is 10.2. The molecule has 0 aliphatic carbocycles. The molecule has 0 amide bonds. The lowest BCUT2D eigenvalue weighted by Crippen LogP contribution is -3.00. The van der Waals surface area contributed by atoms with Gasteiger partial charge in [-0.3, -0.25) is 0 Å². The SMILES string of the molecule is COC(=O)c1ccccc1[P+](Cc1ccc(OC)cc1)(c1ccccc1)c1ccccc1.[Br-]. The van der Waals surface area contributed by atoms with Gasteiger partial charge in [-0.15, -0.1) is 0 Å². The highest BCUT2D eigenvalue weighted by molar-refractivity contribution is 7.95.